The second kappa shape index (κ2) is 7.91. The highest BCUT2D eigenvalue weighted by molar-refractivity contribution is 7.64. The summed E-state index contributed by atoms with van der Waals surface area (Å²) in [7, 11) is -0.161. The van der Waals surface area contributed by atoms with Gasteiger partial charge in [0, 0.05) is 23.7 Å². The molecule has 2 heterocycles. The van der Waals surface area contributed by atoms with Gasteiger partial charge in [-0.05, 0) is 48.5 Å². The molecule has 0 radical (unpaired) electrons. The fourth-order valence-corrected chi connectivity index (χ4v) is 3.81. The van der Waals surface area contributed by atoms with Crippen molar-refractivity contribution in [1.82, 2.24) is 15.0 Å². The van der Waals surface area contributed by atoms with Crippen molar-refractivity contribution in [1.29, 1.82) is 0 Å². The lowest BCUT2D eigenvalue weighted by molar-refractivity contribution is 1.10. The number of hydrogen-bond acceptors (Lipinski definition) is 5. The first-order valence-electron chi connectivity index (χ1n) is 9.08. The van der Waals surface area contributed by atoms with Gasteiger partial charge >= 0.3 is 0 Å². The summed E-state index contributed by atoms with van der Waals surface area (Å²) in [5, 5.41) is 5.78. The molecule has 0 saturated carbocycles. The molecule has 0 aliphatic heterocycles. The average molecular weight is 387 g/mol. The van der Waals surface area contributed by atoms with Gasteiger partial charge in [-0.2, -0.15) is 0 Å². The third kappa shape index (κ3) is 3.95. The number of hydrogen-bond donors (Lipinski definition) is 2. The average Bonchev–Trinajstić information content (AvgIpc) is 2.73. The van der Waals surface area contributed by atoms with Gasteiger partial charge in [-0.1, -0.05) is 38.3 Å². The SMILES string of the molecule is CP(C)c1cccc(-c2cnc(N)c(NCc3ccc4ncccc4c3)n2)c1. The van der Waals surface area contributed by atoms with E-state index >= 15 is 0 Å². The molecule has 0 unspecified atom stereocenters. The van der Waals surface area contributed by atoms with E-state index in [4.69, 9.17) is 10.7 Å². The van der Waals surface area contributed by atoms with Crippen LogP contribution in [0.25, 0.3) is 22.2 Å². The molecule has 0 atom stereocenters. The highest BCUT2D eigenvalue weighted by Crippen LogP contribution is 2.27. The second-order valence-corrected chi connectivity index (χ2v) is 9.12. The Hall–Kier alpha value is -3.04. The molecular weight excluding hydrogens is 365 g/mol. The van der Waals surface area contributed by atoms with Crippen molar-refractivity contribution in [3.8, 4) is 11.3 Å². The summed E-state index contributed by atoms with van der Waals surface area (Å²) >= 11 is 0. The van der Waals surface area contributed by atoms with Crippen LogP contribution in [-0.4, -0.2) is 28.3 Å². The molecule has 0 aliphatic rings. The van der Waals surface area contributed by atoms with Gasteiger partial charge in [0.1, 0.15) is 0 Å². The molecule has 2 aromatic carbocycles. The normalized spacial score (nSPS) is 11.1. The molecule has 2 aromatic heterocycles. The molecule has 0 spiro atoms. The fraction of sp³-hybridized carbons (Fsp3) is 0.136. The second-order valence-electron chi connectivity index (χ2n) is 6.82. The third-order valence-electron chi connectivity index (χ3n) is 4.59. The minimum Gasteiger partial charge on any atom is -0.381 e. The standard InChI is InChI=1S/C22H22N5P/c1-28(2)18-7-3-5-17(12-18)20-14-25-21(23)22(27-20)26-13-15-8-9-19-16(11-15)6-4-10-24-19/h3-12,14H,13H2,1-2H3,(H2,23,25)(H,26,27). The predicted molar refractivity (Wildman–Crippen MR) is 119 cm³/mol. The van der Waals surface area contributed by atoms with Crippen molar-refractivity contribution in [2.75, 3.05) is 24.4 Å². The zero-order valence-corrected chi connectivity index (χ0v) is 16.8. The van der Waals surface area contributed by atoms with Crippen LogP contribution in [0.5, 0.6) is 0 Å². The van der Waals surface area contributed by atoms with E-state index in [2.05, 4.69) is 71.1 Å². The van der Waals surface area contributed by atoms with Gasteiger partial charge in [0.15, 0.2) is 11.6 Å². The molecule has 28 heavy (non-hydrogen) atoms. The smallest absolute Gasteiger partial charge is 0.169 e. The lowest BCUT2D eigenvalue weighted by Crippen LogP contribution is -2.07. The Morgan fingerprint density at radius 3 is 2.75 bits per heavy atom. The number of aromatic nitrogens is 3. The monoisotopic (exact) mass is 387 g/mol. The number of nitrogens with two attached hydrogens (primary N) is 1. The van der Waals surface area contributed by atoms with Crippen LogP contribution in [0.1, 0.15) is 5.56 Å². The summed E-state index contributed by atoms with van der Waals surface area (Å²) < 4.78 is 0. The molecule has 0 aliphatic carbocycles. The Kier molecular flexibility index (Phi) is 5.18. The molecule has 140 valence electrons. The van der Waals surface area contributed by atoms with Crippen LogP contribution in [0.15, 0.2) is 67.0 Å². The quantitative estimate of drug-likeness (QED) is 0.501. The van der Waals surface area contributed by atoms with Gasteiger partial charge in [-0.15, -0.1) is 0 Å². The molecule has 4 rings (SSSR count). The predicted octanol–water partition coefficient (Wildman–Crippen LogP) is 4.25. The lowest BCUT2D eigenvalue weighted by Gasteiger charge is -2.12. The van der Waals surface area contributed by atoms with Gasteiger partial charge in [0.2, 0.25) is 0 Å². The summed E-state index contributed by atoms with van der Waals surface area (Å²) in [4.78, 5) is 13.4. The van der Waals surface area contributed by atoms with Crippen molar-refractivity contribution >= 4 is 35.8 Å². The molecule has 6 heteroatoms. The molecular formula is C22H22N5P. The van der Waals surface area contributed by atoms with Crippen molar-refractivity contribution in [3.63, 3.8) is 0 Å². The zero-order valence-electron chi connectivity index (χ0n) is 15.9. The Morgan fingerprint density at radius 2 is 1.89 bits per heavy atom. The van der Waals surface area contributed by atoms with Crippen LogP contribution >= 0.6 is 7.92 Å². The number of nitrogen functional groups attached to an aromatic ring is 1. The number of pyridine rings is 1. The summed E-state index contributed by atoms with van der Waals surface area (Å²) in [6.07, 6.45) is 3.53. The molecule has 0 bridgehead atoms. The van der Waals surface area contributed by atoms with Crippen molar-refractivity contribution in [3.05, 3.63) is 72.6 Å². The van der Waals surface area contributed by atoms with E-state index in [0.717, 1.165) is 27.7 Å². The van der Waals surface area contributed by atoms with Gasteiger partial charge in [-0.25, -0.2) is 9.97 Å². The van der Waals surface area contributed by atoms with E-state index in [1.165, 1.54) is 5.30 Å². The first-order chi connectivity index (χ1) is 13.6. The fourth-order valence-electron chi connectivity index (χ4n) is 3.03. The lowest BCUT2D eigenvalue weighted by atomic mass is 10.1. The Morgan fingerprint density at radius 1 is 1.00 bits per heavy atom. The zero-order chi connectivity index (χ0) is 19.5. The topological polar surface area (TPSA) is 76.7 Å². The van der Waals surface area contributed by atoms with Gasteiger partial charge in [0.05, 0.1) is 17.4 Å². The van der Waals surface area contributed by atoms with Gasteiger partial charge < -0.3 is 11.1 Å². The third-order valence-corrected chi connectivity index (χ3v) is 5.90. The van der Waals surface area contributed by atoms with Crippen LogP contribution in [0, 0.1) is 0 Å². The molecule has 5 nitrogen and oxygen atoms in total. The first kappa shape index (κ1) is 18.3. The van der Waals surface area contributed by atoms with E-state index in [0.29, 0.717) is 18.2 Å². The van der Waals surface area contributed by atoms with E-state index in [-0.39, 0.29) is 7.92 Å². The Balaban J connectivity index is 1.57. The van der Waals surface area contributed by atoms with Crippen molar-refractivity contribution in [2.24, 2.45) is 0 Å². The number of fused-ring (bicyclic) bond motifs is 1. The number of benzene rings is 2. The molecule has 0 fully saturated rings. The van der Waals surface area contributed by atoms with Crippen LogP contribution in [0.3, 0.4) is 0 Å². The molecule has 0 amide bonds. The maximum absolute atomic E-state index is 6.06. The van der Waals surface area contributed by atoms with Crippen LogP contribution in [0.2, 0.25) is 0 Å². The van der Waals surface area contributed by atoms with Crippen LogP contribution < -0.4 is 16.4 Å². The van der Waals surface area contributed by atoms with Crippen molar-refractivity contribution in [2.45, 2.75) is 6.54 Å². The number of anilines is 2. The number of rotatable bonds is 5. The van der Waals surface area contributed by atoms with Gasteiger partial charge in [0.25, 0.3) is 0 Å². The van der Waals surface area contributed by atoms with E-state index in [9.17, 15) is 0 Å². The molecule has 3 N–H and O–H groups in total. The van der Waals surface area contributed by atoms with E-state index in [1.54, 1.807) is 12.4 Å². The number of nitrogens with zero attached hydrogens (tertiary/aromatic N) is 3. The summed E-state index contributed by atoms with van der Waals surface area (Å²) in [5.74, 6) is 1.00. The largest absolute Gasteiger partial charge is 0.381 e. The number of nitrogens with one attached hydrogen (secondary N) is 1. The van der Waals surface area contributed by atoms with Crippen LogP contribution in [0.4, 0.5) is 11.6 Å². The van der Waals surface area contributed by atoms with Crippen molar-refractivity contribution < 1.29 is 0 Å². The van der Waals surface area contributed by atoms with E-state index in [1.807, 2.05) is 12.1 Å². The van der Waals surface area contributed by atoms with Gasteiger partial charge in [-0.3, -0.25) is 4.98 Å². The minimum atomic E-state index is -0.161. The van der Waals surface area contributed by atoms with Crippen LogP contribution in [-0.2, 0) is 6.54 Å². The Labute approximate surface area is 165 Å². The molecule has 4 aromatic rings. The summed E-state index contributed by atoms with van der Waals surface area (Å²) in [6.45, 7) is 5.10. The van der Waals surface area contributed by atoms with E-state index < -0.39 is 0 Å². The Bertz CT molecular complexity index is 1130. The summed E-state index contributed by atoms with van der Waals surface area (Å²) in [6, 6.07) is 18.7. The highest BCUT2D eigenvalue weighted by atomic mass is 31.1. The molecule has 0 saturated heterocycles. The minimum absolute atomic E-state index is 0.161. The first-order valence-corrected chi connectivity index (χ1v) is 11.3. The summed E-state index contributed by atoms with van der Waals surface area (Å²) in [5.41, 5.74) is 10.1. The highest BCUT2D eigenvalue weighted by Gasteiger charge is 2.08. The maximum atomic E-state index is 6.06. The maximum Gasteiger partial charge on any atom is 0.169 e.